The minimum absolute atomic E-state index is 0.168. The van der Waals surface area contributed by atoms with Gasteiger partial charge in [-0.25, -0.2) is 0 Å². The van der Waals surface area contributed by atoms with Crippen LogP contribution >= 0.6 is 0 Å². The number of nitrogens with zero attached hydrogens (tertiary/aromatic N) is 1. The summed E-state index contributed by atoms with van der Waals surface area (Å²) in [7, 11) is 0. The van der Waals surface area contributed by atoms with E-state index in [0.717, 1.165) is 0 Å². The van der Waals surface area contributed by atoms with Crippen molar-refractivity contribution in [1.82, 2.24) is 0 Å². The third-order valence-electron chi connectivity index (χ3n) is 4.91. The van der Waals surface area contributed by atoms with E-state index in [4.69, 9.17) is 14.2 Å². The Morgan fingerprint density at radius 2 is 1.41 bits per heavy atom. The van der Waals surface area contributed by atoms with Gasteiger partial charge in [-0.1, -0.05) is 30.3 Å². The number of carbonyl (C=O) groups excluding carboxylic acids is 2. The molecule has 0 saturated carbocycles. The minimum atomic E-state index is -1.68. The largest absolute Gasteiger partial charge is 0.509 e. The first-order valence-electron chi connectivity index (χ1n) is 10.4. The molecule has 0 aliphatic carbocycles. The lowest BCUT2D eigenvalue weighted by atomic mass is 9.95. The molecule has 5 atom stereocenters. The van der Waals surface area contributed by atoms with Gasteiger partial charge in [0.15, 0.2) is 6.29 Å². The molecule has 1 saturated heterocycles. The van der Waals surface area contributed by atoms with Crippen molar-refractivity contribution in [3.63, 3.8) is 0 Å². The fourth-order valence-corrected chi connectivity index (χ4v) is 3.36. The van der Waals surface area contributed by atoms with Crippen molar-refractivity contribution < 1.29 is 44.2 Å². The van der Waals surface area contributed by atoms with Crippen molar-refractivity contribution in [3.05, 3.63) is 65.4 Å². The smallest absolute Gasteiger partial charge is 0.308 e. The van der Waals surface area contributed by atoms with E-state index < -0.39 is 48.3 Å². The Kier molecular flexibility index (Phi) is 8.13. The Labute approximate surface area is 195 Å². The molecule has 0 aromatic heterocycles. The lowest BCUT2D eigenvalue weighted by molar-refractivity contribution is -0.236. The molecule has 1 aliphatic rings. The Morgan fingerprint density at radius 1 is 0.882 bits per heavy atom. The Bertz CT molecular complexity index is 1100. The summed E-state index contributed by atoms with van der Waals surface area (Å²) < 4.78 is 15.5. The molecule has 0 radical (unpaired) electrons. The Morgan fingerprint density at radius 3 is 2.00 bits per heavy atom. The van der Waals surface area contributed by atoms with Crippen LogP contribution in [0.25, 0.3) is 6.08 Å². The van der Waals surface area contributed by atoms with Gasteiger partial charge in [-0.3, -0.25) is 14.6 Å². The topological polar surface area (TPSA) is 155 Å². The first-order valence-corrected chi connectivity index (χ1v) is 10.4. The van der Waals surface area contributed by atoms with Crippen LogP contribution in [0.1, 0.15) is 25.0 Å². The average molecular weight is 471 g/mol. The van der Waals surface area contributed by atoms with Crippen molar-refractivity contribution in [2.45, 2.75) is 44.5 Å². The molecule has 180 valence electrons. The van der Waals surface area contributed by atoms with Crippen LogP contribution in [-0.2, 0) is 14.3 Å². The number of hydrogen-bond acceptors (Lipinski definition) is 10. The van der Waals surface area contributed by atoms with Gasteiger partial charge in [0, 0.05) is 31.2 Å². The summed E-state index contributed by atoms with van der Waals surface area (Å²) in [6, 6.07) is 11.6. The summed E-state index contributed by atoms with van der Waals surface area (Å²) in [6.07, 6.45) is -3.94. The van der Waals surface area contributed by atoms with Crippen LogP contribution in [0.3, 0.4) is 0 Å². The molecule has 2 aromatic carbocycles. The number of benzene rings is 2. The molecule has 0 amide bonds. The van der Waals surface area contributed by atoms with Crippen LogP contribution in [0.5, 0.6) is 11.5 Å². The summed E-state index contributed by atoms with van der Waals surface area (Å²) in [5.41, 5.74) is 0.718. The molecule has 1 heterocycles. The van der Waals surface area contributed by atoms with E-state index in [2.05, 4.69) is 4.99 Å². The fraction of sp³-hybridized carbons (Fsp3) is 0.292. The number of ether oxygens (including phenoxy) is 3. The number of hydrogen-bond donors (Lipinski definition) is 4. The van der Waals surface area contributed by atoms with Gasteiger partial charge in [-0.2, -0.15) is 0 Å². The van der Waals surface area contributed by atoms with Gasteiger partial charge in [-0.05, 0) is 24.3 Å². The highest BCUT2D eigenvalue weighted by Gasteiger charge is 2.45. The van der Waals surface area contributed by atoms with Gasteiger partial charge in [0.1, 0.15) is 41.6 Å². The third-order valence-corrected chi connectivity index (χ3v) is 4.91. The van der Waals surface area contributed by atoms with Crippen LogP contribution in [-0.4, -0.2) is 69.2 Å². The van der Waals surface area contributed by atoms with E-state index in [0.29, 0.717) is 11.1 Å². The zero-order valence-corrected chi connectivity index (χ0v) is 18.4. The maximum Gasteiger partial charge on any atom is 0.308 e. The van der Waals surface area contributed by atoms with Gasteiger partial charge in [-0.15, -0.1) is 0 Å². The predicted octanol–water partition coefficient (Wildman–Crippen LogP) is 1.36. The van der Waals surface area contributed by atoms with Gasteiger partial charge in [0.25, 0.3) is 0 Å². The normalized spacial score (nSPS) is 25.2. The SMILES string of the molecule is CC(=O)Oc1ccccc1C=N[C@H]1C(O)O[C@H](C(O)=Cc2ccccc2OC(C)=O)[C@@H](O)[C@@H]1O. The van der Waals surface area contributed by atoms with E-state index in [1.807, 2.05) is 0 Å². The van der Waals surface area contributed by atoms with E-state index in [-0.39, 0.29) is 11.5 Å². The first kappa shape index (κ1) is 25.1. The predicted molar refractivity (Wildman–Crippen MR) is 120 cm³/mol. The van der Waals surface area contributed by atoms with Crippen molar-refractivity contribution >= 4 is 24.2 Å². The molecule has 1 unspecified atom stereocenters. The monoisotopic (exact) mass is 471 g/mol. The number of rotatable bonds is 6. The van der Waals surface area contributed by atoms with Crippen LogP contribution in [0.4, 0.5) is 0 Å². The maximum atomic E-state index is 11.3. The summed E-state index contributed by atoms with van der Waals surface area (Å²) in [4.78, 5) is 26.7. The number of carbonyl (C=O) groups is 2. The second-order valence-electron chi connectivity index (χ2n) is 7.53. The van der Waals surface area contributed by atoms with Gasteiger partial charge in [0.2, 0.25) is 0 Å². The number of esters is 2. The van der Waals surface area contributed by atoms with Gasteiger partial charge in [0.05, 0.1) is 0 Å². The molecule has 4 N–H and O–H groups in total. The average Bonchev–Trinajstić information content (AvgIpc) is 2.77. The minimum Gasteiger partial charge on any atom is -0.509 e. The standard InChI is InChI=1S/C24H25NO9/c1-13(26)32-18-9-5-3-7-15(18)11-17(28)23-22(30)21(29)20(24(31)34-23)25-12-16-8-4-6-10-19(16)33-14(2)27/h3-12,20-24,28-31H,1-2H3/t20-,21-,22+,23-,24?/m1/s1. The second-order valence-corrected chi connectivity index (χ2v) is 7.53. The van der Waals surface area contributed by atoms with Crippen LogP contribution in [0, 0.1) is 0 Å². The third kappa shape index (κ3) is 6.06. The summed E-state index contributed by atoms with van der Waals surface area (Å²) in [6.45, 7) is 2.48. The van der Waals surface area contributed by atoms with Crippen molar-refractivity contribution in [2.24, 2.45) is 4.99 Å². The molecule has 2 aromatic rings. The lowest BCUT2D eigenvalue weighted by Gasteiger charge is -2.38. The number of para-hydroxylation sites is 2. The highest BCUT2D eigenvalue weighted by Crippen LogP contribution is 2.29. The molecule has 0 bridgehead atoms. The zero-order chi connectivity index (χ0) is 24.8. The molecule has 1 aliphatic heterocycles. The van der Waals surface area contributed by atoms with E-state index in [9.17, 15) is 30.0 Å². The molecule has 34 heavy (non-hydrogen) atoms. The highest BCUT2D eigenvalue weighted by molar-refractivity contribution is 5.85. The first-order chi connectivity index (χ1) is 16.2. The Hall–Kier alpha value is -3.57. The molecule has 3 rings (SSSR count). The molecule has 1 fully saturated rings. The summed E-state index contributed by atoms with van der Waals surface area (Å²) in [5, 5.41) is 42.0. The van der Waals surface area contributed by atoms with Gasteiger partial charge < -0.3 is 34.6 Å². The van der Waals surface area contributed by atoms with Crippen molar-refractivity contribution in [3.8, 4) is 11.5 Å². The number of aliphatic imine (C=N–C) groups is 1. The molecule has 0 spiro atoms. The van der Waals surface area contributed by atoms with E-state index in [1.54, 1.807) is 42.5 Å². The summed E-state index contributed by atoms with van der Waals surface area (Å²) >= 11 is 0. The van der Waals surface area contributed by atoms with Crippen LogP contribution < -0.4 is 9.47 Å². The lowest BCUT2D eigenvalue weighted by Crippen LogP contribution is -2.57. The zero-order valence-electron chi connectivity index (χ0n) is 18.4. The molecule has 10 nitrogen and oxygen atoms in total. The molecular weight excluding hydrogens is 446 g/mol. The quantitative estimate of drug-likeness (QED) is 0.211. The van der Waals surface area contributed by atoms with Crippen molar-refractivity contribution in [1.29, 1.82) is 0 Å². The van der Waals surface area contributed by atoms with E-state index >= 15 is 0 Å². The van der Waals surface area contributed by atoms with Gasteiger partial charge >= 0.3 is 11.9 Å². The fourth-order valence-electron chi connectivity index (χ4n) is 3.36. The van der Waals surface area contributed by atoms with E-state index in [1.165, 1.54) is 32.2 Å². The molecular formula is C24H25NO9. The molecule has 10 heteroatoms. The Balaban J connectivity index is 1.79. The number of aliphatic hydroxyl groups is 4. The second kappa shape index (κ2) is 11.0. The van der Waals surface area contributed by atoms with Crippen LogP contribution in [0.15, 0.2) is 59.3 Å². The van der Waals surface area contributed by atoms with Crippen molar-refractivity contribution in [2.75, 3.05) is 0 Å². The highest BCUT2D eigenvalue weighted by atomic mass is 16.6. The number of aliphatic hydroxyl groups excluding tert-OH is 4. The summed E-state index contributed by atoms with van der Waals surface area (Å²) in [5.74, 6) is -1.20. The van der Waals surface area contributed by atoms with Crippen LogP contribution in [0.2, 0.25) is 0 Å². The maximum absolute atomic E-state index is 11.3.